The number of nitrogens with one attached hydrogen (secondary N) is 1. The third-order valence-electron chi connectivity index (χ3n) is 4.64. The molecule has 0 radical (unpaired) electrons. The fraction of sp³-hybridized carbons (Fsp3) is 0.348. The maximum atomic E-state index is 14.0. The van der Waals surface area contributed by atoms with Crippen LogP contribution in [0, 0.1) is 23.4 Å². The highest BCUT2D eigenvalue weighted by Gasteiger charge is 2.25. The van der Waals surface area contributed by atoms with Crippen LogP contribution in [0.1, 0.15) is 39.6 Å². The molecular weight excluding hydrogens is 453 g/mol. The second-order valence-electron chi connectivity index (χ2n) is 7.91. The van der Waals surface area contributed by atoms with Crippen LogP contribution >= 0.6 is 11.8 Å². The van der Waals surface area contributed by atoms with Gasteiger partial charge in [0.05, 0.1) is 10.9 Å². The van der Waals surface area contributed by atoms with Crippen molar-refractivity contribution in [3.63, 3.8) is 0 Å². The number of nitrogens with zero attached hydrogens (tertiary/aromatic N) is 3. The normalized spacial score (nSPS) is 13.1. The Hall–Kier alpha value is -3.01. The lowest BCUT2D eigenvalue weighted by Gasteiger charge is -2.19. The number of ether oxygens (including phenoxy) is 1. The topological polar surface area (TPSA) is 69.0 Å². The van der Waals surface area contributed by atoms with Gasteiger partial charge in [-0.05, 0) is 44.0 Å². The quantitative estimate of drug-likeness (QED) is 0.405. The molecule has 1 heterocycles. The molecule has 3 rings (SSSR count). The second kappa shape index (κ2) is 10.7. The Balaban J connectivity index is 1.77. The summed E-state index contributed by atoms with van der Waals surface area (Å²) < 4.78 is 48.6. The molecule has 2 aromatic carbocycles. The van der Waals surface area contributed by atoms with Crippen LogP contribution < -0.4 is 10.1 Å². The Morgan fingerprint density at radius 3 is 2.45 bits per heavy atom. The minimum Gasteiger partial charge on any atom is -0.480 e. The first-order valence-corrected chi connectivity index (χ1v) is 11.3. The number of anilines is 1. The van der Waals surface area contributed by atoms with Gasteiger partial charge in [0.1, 0.15) is 11.6 Å². The van der Waals surface area contributed by atoms with Gasteiger partial charge >= 0.3 is 0 Å². The number of carbonyl (C=O) groups excluding carboxylic acids is 1. The zero-order valence-electron chi connectivity index (χ0n) is 18.7. The zero-order valence-corrected chi connectivity index (χ0v) is 19.5. The molecule has 176 valence electrons. The van der Waals surface area contributed by atoms with E-state index < -0.39 is 34.7 Å². The zero-order chi connectivity index (χ0) is 24.1. The first kappa shape index (κ1) is 24.6. The molecule has 2 atom stereocenters. The lowest BCUT2D eigenvalue weighted by molar-refractivity contribution is -0.115. The summed E-state index contributed by atoms with van der Waals surface area (Å²) in [5.74, 6) is -1.70. The fourth-order valence-corrected chi connectivity index (χ4v) is 3.91. The molecular formula is C23H25F3N4O2S. The average molecular weight is 479 g/mol. The van der Waals surface area contributed by atoms with Crippen molar-refractivity contribution in [3.8, 4) is 5.75 Å². The van der Waals surface area contributed by atoms with Crippen LogP contribution in [-0.4, -0.2) is 25.9 Å². The number of aromatic nitrogens is 3. The van der Waals surface area contributed by atoms with Crippen molar-refractivity contribution < 1.29 is 22.7 Å². The van der Waals surface area contributed by atoms with Gasteiger partial charge in [0.25, 0.3) is 0 Å². The molecule has 0 saturated carbocycles. The molecule has 0 aliphatic heterocycles. The molecule has 3 aromatic rings. The van der Waals surface area contributed by atoms with Crippen LogP contribution in [0.3, 0.4) is 0 Å². The van der Waals surface area contributed by atoms with Gasteiger partial charge in [0.2, 0.25) is 5.91 Å². The van der Waals surface area contributed by atoms with Gasteiger partial charge in [-0.3, -0.25) is 4.79 Å². The molecule has 0 aliphatic rings. The number of hydrogen-bond donors (Lipinski definition) is 1. The summed E-state index contributed by atoms with van der Waals surface area (Å²) in [5, 5.41) is 10.7. The predicted octanol–water partition coefficient (Wildman–Crippen LogP) is 5.61. The molecule has 2 unspecified atom stereocenters. The summed E-state index contributed by atoms with van der Waals surface area (Å²) in [7, 11) is 0. The Morgan fingerprint density at radius 1 is 1.06 bits per heavy atom. The van der Waals surface area contributed by atoms with E-state index in [0.29, 0.717) is 23.6 Å². The number of carbonyl (C=O) groups is 1. The summed E-state index contributed by atoms with van der Waals surface area (Å²) in [6.45, 7) is 7.99. The van der Waals surface area contributed by atoms with Crippen molar-refractivity contribution in [2.45, 2.75) is 50.8 Å². The van der Waals surface area contributed by atoms with E-state index in [2.05, 4.69) is 15.5 Å². The van der Waals surface area contributed by atoms with Crippen LogP contribution in [0.2, 0.25) is 0 Å². The van der Waals surface area contributed by atoms with E-state index >= 15 is 0 Å². The van der Waals surface area contributed by atoms with Gasteiger partial charge < -0.3 is 14.6 Å². The molecule has 1 amide bonds. The smallest absolute Gasteiger partial charge is 0.237 e. The maximum Gasteiger partial charge on any atom is 0.237 e. The number of rotatable bonds is 9. The van der Waals surface area contributed by atoms with Crippen LogP contribution in [-0.2, 0) is 11.3 Å². The number of amides is 1. The van der Waals surface area contributed by atoms with E-state index in [-0.39, 0.29) is 17.4 Å². The van der Waals surface area contributed by atoms with Gasteiger partial charge in [-0.25, -0.2) is 13.2 Å². The highest BCUT2D eigenvalue weighted by Crippen LogP contribution is 2.29. The summed E-state index contributed by atoms with van der Waals surface area (Å²) >= 11 is 1.15. The summed E-state index contributed by atoms with van der Waals surface area (Å²) in [6.07, 6.45) is -0.597. The first-order chi connectivity index (χ1) is 15.7. The van der Waals surface area contributed by atoms with Crippen molar-refractivity contribution >= 4 is 23.4 Å². The molecule has 1 aromatic heterocycles. The lowest BCUT2D eigenvalue weighted by Crippen LogP contribution is -2.24. The van der Waals surface area contributed by atoms with Crippen LogP contribution in [0.5, 0.6) is 5.75 Å². The third-order valence-corrected chi connectivity index (χ3v) is 5.72. The largest absolute Gasteiger partial charge is 0.480 e. The molecule has 0 bridgehead atoms. The van der Waals surface area contributed by atoms with Crippen molar-refractivity contribution in [2.24, 2.45) is 5.92 Å². The second-order valence-corrected chi connectivity index (χ2v) is 9.22. The summed E-state index contributed by atoms with van der Waals surface area (Å²) in [4.78, 5) is 12.6. The maximum absolute atomic E-state index is 14.0. The van der Waals surface area contributed by atoms with Crippen molar-refractivity contribution in [1.82, 2.24) is 14.8 Å². The fourth-order valence-electron chi connectivity index (χ4n) is 3.04. The minimum atomic E-state index is -0.857. The van der Waals surface area contributed by atoms with E-state index in [0.717, 1.165) is 17.8 Å². The van der Waals surface area contributed by atoms with Gasteiger partial charge in [-0.1, -0.05) is 37.7 Å². The van der Waals surface area contributed by atoms with Crippen molar-refractivity contribution in [2.75, 3.05) is 5.32 Å². The molecule has 10 heteroatoms. The van der Waals surface area contributed by atoms with E-state index in [1.54, 1.807) is 26.0 Å². The summed E-state index contributed by atoms with van der Waals surface area (Å²) in [5.41, 5.74) is -0.106. The monoisotopic (exact) mass is 478 g/mol. The van der Waals surface area contributed by atoms with E-state index in [1.807, 2.05) is 18.4 Å². The van der Waals surface area contributed by atoms with Gasteiger partial charge in [-0.2, -0.15) is 0 Å². The molecule has 0 aliphatic carbocycles. The Bertz CT molecular complexity index is 1120. The van der Waals surface area contributed by atoms with E-state index in [9.17, 15) is 18.0 Å². The number of halogens is 3. The Labute approximate surface area is 194 Å². The first-order valence-electron chi connectivity index (χ1n) is 10.4. The van der Waals surface area contributed by atoms with Crippen molar-refractivity contribution in [3.05, 3.63) is 65.7 Å². The number of benzene rings is 2. The SMILES string of the molecule is CC(C)Cn1c(SC(C)C(=O)Nc2ccc(F)cc2F)nnc1C(C)Oc1ccccc1F. The molecule has 0 fully saturated rings. The highest BCUT2D eigenvalue weighted by atomic mass is 32.2. The van der Waals surface area contributed by atoms with E-state index in [4.69, 9.17) is 4.74 Å². The van der Waals surface area contributed by atoms with Gasteiger partial charge in [-0.15, -0.1) is 10.2 Å². The van der Waals surface area contributed by atoms with Crippen molar-refractivity contribution in [1.29, 1.82) is 0 Å². The van der Waals surface area contributed by atoms with Gasteiger partial charge in [0.15, 0.2) is 28.7 Å². The highest BCUT2D eigenvalue weighted by molar-refractivity contribution is 8.00. The molecule has 0 saturated heterocycles. The molecule has 0 spiro atoms. The standard InChI is InChI=1S/C23H25F3N4O2S/c1-13(2)12-30-21(14(3)32-20-8-6-5-7-17(20)25)28-29-23(30)33-15(4)22(31)27-19-10-9-16(24)11-18(19)26/h5-11,13-15H,12H2,1-4H3,(H,27,31). The minimum absolute atomic E-state index is 0.104. The van der Waals surface area contributed by atoms with E-state index in [1.165, 1.54) is 18.2 Å². The van der Waals surface area contributed by atoms with Gasteiger partial charge in [0, 0.05) is 12.6 Å². The summed E-state index contributed by atoms with van der Waals surface area (Å²) in [6, 6.07) is 9.04. The predicted molar refractivity (Wildman–Crippen MR) is 121 cm³/mol. The average Bonchev–Trinajstić information content (AvgIpc) is 3.13. The van der Waals surface area contributed by atoms with Crippen LogP contribution in [0.15, 0.2) is 47.6 Å². The van der Waals surface area contributed by atoms with Crippen LogP contribution in [0.25, 0.3) is 0 Å². The number of hydrogen-bond acceptors (Lipinski definition) is 5. The number of para-hydroxylation sites is 1. The molecule has 33 heavy (non-hydrogen) atoms. The Kier molecular flexibility index (Phi) is 8.01. The Morgan fingerprint density at radius 2 is 1.79 bits per heavy atom. The van der Waals surface area contributed by atoms with Crippen LogP contribution in [0.4, 0.5) is 18.9 Å². The molecule has 1 N–H and O–H groups in total. The number of thioether (sulfide) groups is 1. The lowest BCUT2D eigenvalue weighted by atomic mass is 10.2. The third kappa shape index (κ3) is 6.28. The molecule has 6 nitrogen and oxygen atoms in total.